The van der Waals surface area contributed by atoms with E-state index >= 15 is 0 Å². The molecular formula is C20H28N2O5. The van der Waals surface area contributed by atoms with Gasteiger partial charge in [-0.05, 0) is 51.3 Å². The largest absolute Gasteiger partial charge is 0.490 e. The zero-order valence-corrected chi connectivity index (χ0v) is 16.2. The number of nitrogens with one attached hydrogen (secondary N) is 1. The molecule has 0 aliphatic carbocycles. The maximum Gasteiger partial charge on any atom is 0.408 e. The van der Waals surface area contributed by atoms with Crippen molar-refractivity contribution >= 4 is 12.0 Å². The fraction of sp³-hybridized carbons (Fsp3) is 0.600. The van der Waals surface area contributed by atoms with Gasteiger partial charge in [-0.1, -0.05) is 6.07 Å². The van der Waals surface area contributed by atoms with Crippen LogP contribution in [0.5, 0.6) is 11.5 Å². The van der Waals surface area contributed by atoms with Crippen LogP contribution < -0.4 is 14.8 Å². The number of ether oxygens (including phenoxy) is 3. The number of amides is 2. The first kappa shape index (κ1) is 19.3. The van der Waals surface area contributed by atoms with Gasteiger partial charge in [-0.2, -0.15) is 0 Å². The summed E-state index contributed by atoms with van der Waals surface area (Å²) < 4.78 is 16.6. The van der Waals surface area contributed by atoms with Gasteiger partial charge < -0.3 is 24.4 Å². The van der Waals surface area contributed by atoms with E-state index in [1.54, 1.807) is 20.8 Å². The number of fused-ring (bicyclic) bond motifs is 1. The summed E-state index contributed by atoms with van der Waals surface area (Å²) in [6.07, 6.45) is 2.09. The van der Waals surface area contributed by atoms with Gasteiger partial charge in [0.2, 0.25) is 5.91 Å². The molecule has 0 bridgehead atoms. The third kappa shape index (κ3) is 5.05. The quantitative estimate of drug-likeness (QED) is 0.877. The number of carbonyl (C=O) groups excluding carboxylic acids is 2. The van der Waals surface area contributed by atoms with Gasteiger partial charge in [0.25, 0.3) is 0 Å². The average molecular weight is 376 g/mol. The summed E-state index contributed by atoms with van der Waals surface area (Å²) in [6.45, 7) is 7.24. The summed E-state index contributed by atoms with van der Waals surface area (Å²) in [4.78, 5) is 26.2. The van der Waals surface area contributed by atoms with E-state index in [9.17, 15) is 9.59 Å². The highest BCUT2D eigenvalue weighted by molar-refractivity contribution is 5.83. The molecule has 1 unspecified atom stereocenters. The molecule has 0 aromatic heterocycles. The Morgan fingerprint density at radius 2 is 1.93 bits per heavy atom. The van der Waals surface area contributed by atoms with Crippen molar-refractivity contribution in [1.82, 2.24) is 10.2 Å². The highest BCUT2D eigenvalue weighted by atomic mass is 16.6. The molecule has 2 aliphatic heterocycles. The lowest BCUT2D eigenvalue weighted by Crippen LogP contribution is -2.41. The molecule has 3 rings (SSSR count). The molecule has 1 fully saturated rings. The second-order valence-corrected chi connectivity index (χ2v) is 7.86. The molecule has 0 radical (unpaired) electrons. The first-order valence-corrected chi connectivity index (χ1v) is 9.49. The monoisotopic (exact) mass is 376 g/mol. The zero-order chi connectivity index (χ0) is 19.4. The summed E-state index contributed by atoms with van der Waals surface area (Å²) >= 11 is 0. The molecule has 1 saturated heterocycles. The molecule has 0 saturated carbocycles. The Hall–Kier alpha value is -2.44. The topological polar surface area (TPSA) is 77.1 Å². The lowest BCUT2D eigenvalue weighted by molar-refractivity contribution is -0.131. The molecule has 7 nitrogen and oxygen atoms in total. The van der Waals surface area contributed by atoms with E-state index < -0.39 is 11.7 Å². The smallest absolute Gasteiger partial charge is 0.408 e. The van der Waals surface area contributed by atoms with Gasteiger partial charge in [-0.15, -0.1) is 0 Å². The lowest BCUT2D eigenvalue weighted by Gasteiger charge is -2.26. The molecule has 27 heavy (non-hydrogen) atoms. The van der Waals surface area contributed by atoms with Crippen molar-refractivity contribution in [1.29, 1.82) is 0 Å². The number of alkyl carbamates (subject to hydrolysis) is 1. The van der Waals surface area contributed by atoms with Gasteiger partial charge in [-0.3, -0.25) is 4.79 Å². The van der Waals surface area contributed by atoms with E-state index in [0.717, 1.165) is 36.3 Å². The predicted octanol–water partition coefficient (Wildman–Crippen LogP) is 3.04. The van der Waals surface area contributed by atoms with Gasteiger partial charge in [0.05, 0.1) is 19.3 Å². The lowest BCUT2D eigenvalue weighted by atomic mass is 10.0. The van der Waals surface area contributed by atoms with Gasteiger partial charge in [0.1, 0.15) is 12.1 Å². The number of likely N-dealkylation sites (tertiary alicyclic amines) is 1. The van der Waals surface area contributed by atoms with E-state index in [4.69, 9.17) is 14.2 Å². The summed E-state index contributed by atoms with van der Waals surface area (Å²) in [5.74, 6) is 1.37. The maximum atomic E-state index is 12.6. The zero-order valence-electron chi connectivity index (χ0n) is 16.2. The highest BCUT2D eigenvalue weighted by Gasteiger charge is 2.31. The van der Waals surface area contributed by atoms with Crippen LogP contribution in [0.1, 0.15) is 51.6 Å². The minimum atomic E-state index is -0.590. The molecule has 0 spiro atoms. The van der Waals surface area contributed by atoms with Crippen LogP contribution >= 0.6 is 0 Å². The number of rotatable bonds is 3. The molecule has 1 aromatic carbocycles. The predicted molar refractivity (Wildman–Crippen MR) is 100.0 cm³/mol. The minimum Gasteiger partial charge on any atom is -0.490 e. The van der Waals surface area contributed by atoms with Crippen molar-refractivity contribution in [3.8, 4) is 11.5 Å². The summed E-state index contributed by atoms with van der Waals surface area (Å²) in [6, 6.07) is 5.86. The molecule has 1 atom stereocenters. The molecule has 1 N–H and O–H groups in total. The Morgan fingerprint density at radius 1 is 1.19 bits per heavy atom. The van der Waals surface area contributed by atoms with Gasteiger partial charge in [0.15, 0.2) is 11.5 Å². The fourth-order valence-electron chi connectivity index (χ4n) is 3.36. The normalized spacial score (nSPS) is 19.4. The van der Waals surface area contributed by atoms with Crippen LogP contribution in [0.25, 0.3) is 0 Å². The molecule has 2 heterocycles. The van der Waals surface area contributed by atoms with Gasteiger partial charge >= 0.3 is 6.09 Å². The first-order valence-electron chi connectivity index (χ1n) is 9.49. The summed E-state index contributed by atoms with van der Waals surface area (Å²) in [7, 11) is 0. The van der Waals surface area contributed by atoms with Crippen molar-refractivity contribution in [3.05, 3.63) is 23.8 Å². The van der Waals surface area contributed by atoms with Crippen LogP contribution in [0, 0.1) is 0 Å². The van der Waals surface area contributed by atoms with Crippen molar-refractivity contribution in [2.24, 2.45) is 0 Å². The van der Waals surface area contributed by atoms with E-state index in [1.165, 1.54) is 0 Å². The van der Waals surface area contributed by atoms with Crippen LogP contribution in [-0.2, 0) is 9.53 Å². The number of benzene rings is 1. The molecule has 1 aromatic rings. The van der Waals surface area contributed by atoms with Crippen LogP contribution in [0.4, 0.5) is 4.79 Å². The molecule has 148 valence electrons. The number of hydrogen-bond donors (Lipinski definition) is 1. The molecular weight excluding hydrogens is 348 g/mol. The Balaban J connectivity index is 1.64. The summed E-state index contributed by atoms with van der Waals surface area (Å²) in [5.41, 5.74) is 0.440. The van der Waals surface area contributed by atoms with E-state index in [0.29, 0.717) is 19.8 Å². The van der Waals surface area contributed by atoms with E-state index in [2.05, 4.69) is 5.32 Å². The number of carbonyl (C=O) groups is 2. The van der Waals surface area contributed by atoms with Crippen molar-refractivity contribution in [2.75, 3.05) is 26.3 Å². The summed E-state index contributed by atoms with van der Waals surface area (Å²) in [5, 5.41) is 2.55. The van der Waals surface area contributed by atoms with Crippen LogP contribution in [0.15, 0.2) is 18.2 Å². The van der Waals surface area contributed by atoms with Crippen LogP contribution in [0.2, 0.25) is 0 Å². The molecule has 2 aliphatic rings. The first-order chi connectivity index (χ1) is 12.8. The highest BCUT2D eigenvalue weighted by Crippen LogP contribution is 2.37. The van der Waals surface area contributed by atoms with Gasteiger partial charge in [0, 0.05) is 13.0 Å². The number of nitrogens with zero attached hydrogens (tertiary/aromatic N) is 1. The Kier molecular flexibility index (Phi) is 5.77. The van der Waals surface area contributed by atoms with Crippen molar-refractivity contribution < 1.29 is 23.8 Å². The SMILES string of the molecule is CC(C)(C)OC(=O)NCC(=O)N1CCCC1c1ccc2c(c1)OCCCO2. The van der Waals surface area contributed by atoms with Gasteiger partial charge in [-0.25, -0.2) is 4.79 Å². The van der Waals surface area contributed by atoms with Crippen LogP contribution in [-0.4, -0.2) is 48.8 Å². The van der Waals surface area contributed by atoms with Crippen LogP contribution in [0.3, 0.4) is 0 Å². The standard InChI is InChI=1S/C20H28N2O5/c1-20(2,3)27-19(24)21-13-18(23)22-9-4-6-15(22)14-7-8-16-17(12-14)26-11-5-10-25-16/h7-8,12,15H,4-6,9-11,13H2,1-3H3,(H,21,24). The Bertz CT molecular complexity index is 698. The Morgan fingerprint density at radius 3 is 2.67 bits per heavy atom. The Labute approximate surface area is 160 Å². The van der Waals surface area contributed by atoms with E-state index in [1.807, 2.05) is 23.1 Å². The maximum absolute atomic E-state index is 12.6. The third-order valence-corrected chi connectivity index (χ3v) is 4.51. The van der Waals surface area contributed by atoms with Crippen molar-refractivity contribution in [3.63, 3.8) is 0 Å². The number of hydrogen-bond acceptors (Lipinski definition) is 5. The van der Waals surface area contributed by atoms with Crippen molar-refractivity contribution in [2.45, 2.75) is 51.7 Å². The second-order valence-electron chi connectivity index (χ2n) is 7.86. The second kappa shape index (κ2) is 8.06. The molecule has 2 amide bonds. The third-order valence-electron chi connectivity index (χ3n) is 4.51. The minimum absolute atomic E-state index is 0.0184. The fourth-order valence-corrected chi connectivity index (χ4v) is 3.36. The van der Waals surface area contributed by atoms with E-state index in [-0.39, 0.29) is 18.5 Å². The molecule has 7 heteroatoms. The average Bonchev–Trinajstić information content (AvgIpc) is 2.97.